The number of nitrogens with zero attached hydrogens (tertiary/aromatic N) is 3. The molecule has 1 amide bonds. The first kappa shape index (κ1) is 17.8. The number of hydrogen-bond donors (Lipinski definition) is 0. The summed E-state index contributed by atoms with van der Waals surface area (Å²) in [5.74, 6) is 0.490. The fraction of sp³-hybridized carbons (Fsp3) is 0.632. The van der Waals surface area contributed by atoms with Crippen molar-refractivity contribution in [2.75, 3.05) is 49.1 Å². The summed E-state index contributed by atoms with van der Waals surface area (Å²) in [4.78, 5) is 19.4. The number of amides is 1. The number of rotatable bonds is 5. The van der Waals surface area contributed by atoms with E-state index in [1.54, 1.807) is 0 Å². The third-order valence-electron chi connectivity index (χ3n) is 5.68. The fourth-order valence-corrected chi connectivity index (χ4v) is 5.84. The summed E-state index contributed by atoms with van der Waals surface area (Å²) in [5.41, 5.74) is 1.23. The van der Waals surface area contributed by atoms with Crippen LogP contribution < -0.4 is 4.90 Å². The van der Waals surface area contributed by atoms with Crippen LogP contribution in [-0.4, -0.2) is 80.4 Å². The molecule has 0 N–H and O–H groups in total. The van der Waals surface area contributed by atoms with Crippen LogP contribution in [0, 0.1) is 0 Å². The zero-order valence-electron chi connectivity index (χ0n) is 15.1. The van der Waals surface area contributed by atoms with E-state index < -0.39 is 9.84 Å². The van der Waals surface area contributed by atoms with Gasteiger partial charge < -0.3 is 9.80 Å². The van der Waals surface area contributed by atoms with Gasteiger partial charge in [0.05, 0.1) is 18.1 Å². The maximum Gasteiger partial charge on any atom is 0.237 e. The van der Waals surface area contributed by atoms with E-state index in [1.165, 1.54) is 5.69 Å². The van der Waals surface area contributed by atoms with Crippen molar-refractivity contribution in [1.29, 1.82) is 0 Å². The predicted octanol–water partition coefficient (Wildman–Crippen LogP) is 0.987. The van der Waals surface area contributed by atoms with E-state index in [1.807, 2.05) is 23.1 Å². The summed E-state index contributed by atoms with van der Waals surface area (Å²) in [6.45, 7) is 3.97. The first-order chi connectivity index (χ1) is 12.5. The van der Waals surface area contributed by atoms with Crippen molar-refractivity contribution in [3.05, 3.63) is 30.3 Å². The molecule has 1 aromatic carbocycles. The minimum Gasteiger partial charge on any atom is -0.369 e. The number of para-hydroxylation sites is 1. The number of hydrogen-bond acceptors (Lipinski definition) is 5. The first-order valence-corrected chi connectivity index (χ1v) is 11.4. The lowest BCUT2D eigenvalue weighted by Gasteiger charge is -2.37. The zero-order chi connectivity index (χ0) is 18.1. The standard InChI is InChI=1S/C19H27N3O3S/c23-19(22(17-6-7-17)18-8-13-26(24,25)15-18)14-20-9-11-21(12-10-20)16-4-2-1-3-5-16/h1-5,17-18H,6-15H2/t18-/m1/s1. The lowest BCUT2D eigenvalue weighted by molar-refractivity contribution is -0.135. The highest BCUT2D eigenvalue weighted by Crippen LogP contribution is 2.32. The van der Waals surface area contributed by atoms with Crippen LogP contribution in [0.4, 0.5) is 5.69 Å². The Morgan fingerprint density at radius 2 is 1.69 bits per heavy atom. The van der Waals surface area contributed by atoms with Gasteiger partial charge in [-0.25, -0.2) is 8.42 Å². The summed E-state index contributed by atoms with van der Waals surface area (Å²) in [7, 11) is -2.96. The SMILES string of the molecule is O=C(CN1CCN(c2ccccc2)CC1)N(C1CC1)[C@@H]1CCS(=O)(=O)C1. The number of carbonyl (C=O) groups excluding carboxylic acids is 1. The summed E-state index contributed by atoms with van der Waals surface area (Å²) in [6, 6.07) is 10.5. The third kappa shape index (κ3) is 4.04. The minimum atomic E-state index is -2.96. The Balaban J connectivity index is 1.33. The normalized spacial score (nSPS) is 26.0. The van der Waals surface area contributed by atoms with Crippen LogP contribution in [0.25, 0.3) is 0 Å². The minimum absolute atomic E-state index is 0.106. The van der Waals surface area contributed by atoms with Gasteiger partial charge >= 0.3 is 0 Å². The quantitative estimate of drug-likeness (QED) is 0.766. The molecule has 2 aliphatic heterocycles. The van der Waals surface area contributed by atoms with Crippen molar-refractivity contribution in [1.82, 2.24) is 9.80 Å². The Labute approximate surface area is 155 Å². The highest BCUT2D eigenvalue weighted by atomic mass is 32.2. The van der Waals surface area contributed by atoms with E-state index in [0.717, 1.165) is 39.0 Å². The molecular formula is C19H27N3O3S. The monoisotopic (exact) mass is 377 g/mol. The largest absolute Gasteiger partial charge is 0.369 e. The van der Waals surface area contributed by atoms with Gasteiger partial charge in [-0.1, -0.05) is 18.2 Å². The zero-order valence-corrected chi connectivity index (χ0v) is 15.9. The molecule has 2 saturated heterocycles. The maximum absolute atomic E-state index is 12.9. The summed E-state index contributed by atoms with van der Waals surface area (Å²) in [6.07, 6.45) is 2.64. The van der Waals surface area contributed by atoms with Gasteiger partial charge in [0.15, 0.2) is 9.84 Å². The molecule has 1 atom stereocenters. The smallest absolute Gasteiger partial charge is 0.237 e. The average Bonchev–Trinajstić information content (AvgIpc) is 3.39. The molecule has 3 aliphatic rings. The summed E-state index contributed by atoms with van der Waals surface area (Å²) in [5, 5.41) is 0. The van der Waals surface area contributed by atoms with Gasteiger partial charge in [0.25, 0.3) is 0 Å². The van der Waals surface area contributed by atoms with Crippen molar-refractivity contribution in [2.45, 2.75) is 31.3 Å². The maximum atomic E-state index is 12.9. The molecule has 1 saturated carbocycles. The molecule has 0 radical (unpaired) electrons. The molecule has 26 heavy (non-hydrogen) atoms. The molecule has 0 unspecified atom stereocenters. The van der Waals surface area contributed by atoms with Crippen LogP contribution in [-0.2, 0) is 14.6 Å². The third-order valence-corrected chi connectivity index (χ3v) is 7.43. The van der Waals surface area contributed by atoms with Gasteiger partial charge in [-0.05, 0) is 31.4 Å². The van der Waals surface area contributed by atoms with Crippen LogP contribution in [0.5, 0.6) is 0 Å². The Morgan fingerprint density at radius 3 is 2.27 bits per heavy atom. The van der Waals surface area contributed by atoms with E-state index in [0.29, 0.717) is 13.0 Å². The highest BCUT2D eigenvalue weighted by Gasteiger charge is 2.42. The fourth-order valence-electron chi connectivity index (χ4n) is 4.13. The molecule has 2 heterocycles. The molecule has 0 aromatic heterocycles. The van der Waals surface area contributed by atoms with Crippen molar-refractivity contribution in [3.63, 3.8) is 0 Å². The lowest BCUT2D eigenvalue weighted by Crippen LogP contribution is -2.52. The number of sulfone groups is 1. The molecule has 1 aromatic rings. The van der Waals surface area contributed by atoms with Crippen molar-refractivity contribution >= 4 is 21.4 Å². The molecule has 4 rings (SSSR count). The summed E-state index contributed by atoms with van der Waals surface area (Å²) < 4.78 is 23.6. The first-order valence-electron chi connectivity index (χ1n) is 9.56. The van der Waals surface area contributed by atoms with Crippen LogP contribution in [0.2, 0.25) is 0 Å². The van der Waals surface area contributed by atoms with Gasteiger partial charge in [0, 0.05) is 44.0 Å². The predicted molar refractivity (Wildman–Crippen MR) is 102 cm³/mol. The van der Waals surface area contributed by atoms with Crippen molar-refractivity contribution in [3.8, 4) is 0 Å². The van der Waals surface area contributed by atoms with E-state index in [-0.39, 0.29) is 29.5 Å². The van der Waals surface area contributed by atoms with Gasteiger partial charge in [-0.15, -0.1) is 0 Å². The molecule has 6 nitrogen and oxygen atoms in total. The lowest BCUT2D eigenvalue weighted by atomic mass is 10.2. The second kappa shape index (κ2) is 7.19. The Kier molecular flexibility index (Phi) is 4.92. The molecule has 3 fully saturated rings. The van der Waals surface area contributed by atoms with Crippen LogP contribution >= 0.6 is 0 Å². The number of piperazine rings is 1. The number of anilines is 1. The Morgan fingerprint density at radius 1 is 1.00 bits per heavy atom. The molecule has 0 bridgehead atoms. The van der Waals surface area contributed by atoms with E-state index in [2.05, 4.69) is 21.9 Å². The molecule has 1 aliphatic carbocycles. The van der Waals surface area contributed by atoms with Gasteiger partial charge in [-0.2, -0.15) is 0 Å². The van der Waals surface area contributed by atoms with Crippen LogP contribution in [0.3, 0.4) is 0 Å². The van der Waals surface area contributed by atoms with Gasteiger partial charge in [0.2, 0.25) is 5.91 Å². The van der Waals surface area contributed by atoms with Crippen LogP contribution in [0.15, 0.2) is 30.3 Å². The second-order valence-corrected chi connectivity index (χ2v) is 9.92. The Hall–Kier alpha value is -1.60. The highest BCUT2D eigenvalue weighted by molar-refractivity contribution is 7.91. The van der Waals surface area contributed by atoms with Gasteiger partial charge in [0.1, 0.15) is 0 Å². The van der Waals surface area contributed by atoms with E-state index >= 15 is 0 Å². The van der Waals surface area contributed by atoms with E-state index in [9.17, 15) is 13.2 Å². The molecule has 7 heteroatoms. The van der Waals surface area contributed by atoms with Crippen molar-refractivity contribution < 1.29 is 13.2 Å². The summed E-state index contributed by atoms with van der Waals surface area (Å²) >= 11 is 0. The Bertz CT molecular complexity index is 741. The topological polar surface area (TPSA) is 60.9 Å². The molecule has 0 spiro atoms. The second-order valence-electron chi connectivity index (χ2n) is 7.69. The number of benzene rings is 1. The molecule has 142 valence electrons. The average molecular weight is 378 g/mol. The number of carbonyl (C=O) groups is 1. The van der Waals surface area contributed by atoms with Crippen LogP contribution in [0.1, 0.15) is 19.3 Å². The van der Waals surface area contributed by atoms with E-state index in [4.69, 9.17) is 0 Å². The van der Waals surface area contributed by atoms with Crippen molar-refractivity contribution in [2.24, 2.45) is 0 Å². The molecular weight excluding hydrogens is 350 g/mol. The van der Waals surface area contributed by atoms with Gasteiger partial charge in [-0.3, -0.25) is 9.69 Å².